The number of nitrogens with one attached hydrogen (secondary N) is 1. The Bertz CT molecular complexity index is 645. The van der Waals surface area contributed by atoms with E-state index >= 15 is 0 Å². The molecule has 2 heterocycles. The van der Waals surface area contributed by atoms with Gasteiger partial charge in [0.25, 0.3) is 0 Å². The maximum atomic E-state index is 13.8. The molecule has 0 radical (unpaired) electrons. The number of anilines is 2. The Labute approximate surface area is 122 Å². The van der Waals surface area contributed by atoms with Crippen LogP contribution in [-0.2, 0) is 0 Å². The van der Waals surface area contributed by atoms with Gasteiger partial charge in [0.2, 0.25) is 0 Å². The van der Waals surface area contributed by atoms with Gasteiger partial charge in [-0.25, -0.2) is 13.8 Å². The molecule has 0 saturated carbocycles. The Morgan fingerprint density at radius 3 is 2.86 bits per heavy atom. The summed E-state index contributed by atoms with van der Waals surface area (Å²) in [5.74, 6) is -0.222. The quantitative estimate of drug-likeness (QED) is 0.939. The number of aryl methyl sites for hydroxylation is 1. The molecule has 21 heavy (non-hydrogen) atoms. The molecule has 2 aromatic rings. The summed E-state index contributed by atoms with van der Waals surface area (Å²) in [5, 5.41) is 3.36. The minimum atomic E-state index is -0.547. The van der Waals surface area contributed by atoms with Gasteiger partial charge in [-0.2, -0.15) is 0 Å². The molecule has 5 heteroatoms. The second kappa shape index (κ2) is 5.68. The Morgan fingerprint density at radius 2 is 2.10 bits per heavy atom. The zero-order chi connectivity index (χ0) is 14.8. The van der Waals surface area contributed by atoms with Gasteiger partial charge in [0.1, 0.15) is 17.5 Å². The minimum Gasteiger partial charge on any atom is -0.367 e. The normalized spacial score (nSPS) is 18.0. The molecule has 1 aliphatic heterocycles. The number of nitrogens with zero attached hydrogens (tertiary/aromatic N) is 2. The van der Waals surface area contributed by atoms with Crippen LogP contribution in [0.25, 0.3) is 0 Å². The van der Waals surface area contributed by atoms with Crippen LogP contribution < -0.4 is 10.2 Å². The summed E-state index contributed by atoms with van der Waals surface area (Å²) in [4.78, 5) is 6.34. The third kappa shape index (κ3) is 3.12. The fourth-order valence-corrected chi connectivity index (χ4v) is 2.67. The molecule has 1 aliphatic rings. The first-order chi connectivity index (χ1) is 10.1. The average Bonchev–Trinajstić information content (AvgIpc) is 2.87. The number of benzene rings is 1. The molecule has 0 spiro atoms. The standard InChI is InChI=1S/C16H17F2N3/c1-11-3-2-4-16(19-11)20-13-7-8-21(10-13)15-6-5-12(17)9-14(15)18/h2-6,9,13H,7-8,10H2,1H3,(H,19,20). The topological polar surface area (TPSA) is 28.2 Å². The molecule has 0 aliphatic carbocycles. The van der Waals surface area contributed by atoms with Crippen molar-refractivity contribution in [2.45, 2.75) is 19.4 Å². The van der Waals surface area contributed by atoms with Gasteiger partial charge in [-0.3, -0.25) is 0 Å². The zero-order valence-corrected chi connectivity index (χ0v) is 11.8. The SMILES string of the molecule is Cc1cccc(NC2CCN(c3ccc(F)cc3F)C2)n1. The predicted molar refractivity (Wildman–Crippen MR) is 79.6 cm³/mol. The number of hydrogen-bond acceptors (Lipinski definition) is 3. The lowest BCUT2D eigenvalue weighted by molar-refractivity contribution is 0.581. The van der Waals surface area contributed by atoms with E-state index in [-0.39, 0.29) is 6.04 Å². The summed E-state index contributed by atoms with van der Waals surface area (Å²) in [6, 6.07) is 9.76. The molecule has 1 fully saturated rings. The van der Waals surface area contributed by atoms with Gasteiger partial charge in [-0.1, -0.05) is 6.07 Å². The van der Waals surface area contributed by atoms with Crippen LogP contribution >= 0.6 is 0 Å². The lowest BCUT2D eigenvalue weighted by atomic mass is 10.2. The third-order valence-electron chi connectivity index (χ3n) is 3.68. The summed E-state index contributed by atoms with van der Waals surface area (Å²) in [6.07, 6.45) is 0.895. The van der Waals surface area contributed by atoms with Crippen molar-refractivity contribution < 1.29 is 8.78 Å². The van der Waals surface area contributed by atoms with Crippen LogP contribution in [0, 0.1) is 18.6 Å². The molecule has 110 valence electrons. The number of rotatable bonds is 3. The van der Waals surface area contributed by atoms with Crippen molar-refractivity contribution in [2.24, 2.45) is 0 Å². The number of aromatic nitrogens is 1. The van der Waals surface area contributed by atoms with Gasteiger partial charge in [-0.05, 0) is 37.6 Å². The van der Waals surface area contributed by atoms with Crippen molar-refractivity contribution in [3.63, 3.8) is 0 Å². The van der Waals surface area contributed by atoms with Gasteiger partial charge in [0, 0.05) is 30.9 Å². The van der Waals surface area contributed by atoms with E-state index < -0.39 is 11.6 Å². The van der Waals surface area contributed by atoms with Gasteiger partial charge in [0.15, 0.2) is 0 Å². The van der Waals surface area contributed by atoms with E-state index in [1.165, 1.54) is 12.1 Å². The molecule has 0 bridgehead atoms. The van der Waals surface area contributed by atoms with Crippen LogP contribution in [0.5, 0.6) is 0 Å². The van der Waals surface area contributed by atoms with Crippen molar-refractivity contribution in [1.82, 2.24) is 4.98 Å². The molecule has 1 atom stereocenters. The van der Waals surface area contributed by atoms with Crippen LogP contribution in [0.3, 0.4) is 0 Å². The molecule has 3 nitrogen and oxygen atoms in total. The molecular formula is C16H17F2N3. The summed E-state index contributed by atoms with van der Waals surface area (Å²) >= 11 is 0. The Hall–Kier alpha value is -2.17. The van der Waals surface area contributed by atoms with Crippen molar-refractivity contribution in [1.29, 1.82) is 0 Å². The van der Waals surface area contributed by atoms with Crippen LogP contribution in [-0.4, -0.2) is 24.1 Å². The van der Waals surface area contributed by atoms with Crippen LogP contribution in [0.4, 0.5) is 20.3 Å². The first kappa shape index (κ1) is 13.8. The van der Waals surface area contributed by atoms with Crippen molar-refractivity contribution in [3.8, 4) is 0 Å². The average molecular weight is 289 g/mol. The van der Waals surface area contributed by atoms with Gasteiger partial charge >= 0.3 is 0 Å². The lowest BCUT2D eigenvalue weighted by Gasteiger charge is -2.20. The molecule has 1 saturated heterocycles. The molecule has 1 unspecified atom stereocenters. The highest BCUT2D eigenvalue weighted by molar-refractivity contribution is 5.50. The van der Waals surface area contributed by atoms with E-state index in [4.69, 9.17) is 0 Å². The van der Waals surface area contributed by atoms with Crippen molar-refractivity contribution >= 4 is 11.5 Å². The summed E-state index contributed by atoms with van der Waals surface area (Å²) < 4.78 is 26.8. The molecular weight excluding hydrogens is 272 g/mol. The minimum absolute atomic E-state index is 0.212. The van der Waals surface area contributed by atoms with E-state index in [0.717, 1.165) is 30.5 Å². The Morgan fingerprint density at radius 1 is 1.24 bits per heavy atom. The van der Waals surface area contributed by atoms with Crippen molar-refractivity contribution in [2.75, 3.05) is 23.3 Å². The monoisotopic (exact) mass is 289 g/mol. The van der Waals surface area contributed by atoms with Gasteiger partial charge in [0.05, 0.1) is 5.69 Å². The molecule has 1 aromatic carbocycles. The molecule has 1 N–H and O–H groups in total. The highest BCUT2D eigenvalue weighted by Gasteiger charge is 2.24. The maximum Gasteiger partial charge on any atom is 0.149 e. The highest BCUT2D eigenvalue weighted by Crippen LogP contribution is 2.25. The maximum absolute atomic E-state index is 13.8. The zero-order valence-electron chi connectivity index (χ0n) is 11.8. The lowest BCUT2D eigenvalue weighted by Crippen LogP contribution is -2.27. The molecule has 1 aromatic heterocycles. The predicted octanol–water partition coefficient (Wildman–Crippen LogP) is 3.36. The summed E-state index contributed by atoms with van der Waals surface area (Å²) in [7, 11) is 0. The number of pyridine rings is 1. The number of hydrogen-bond donors (Lipinski definition) is 1. The van der Waals surface area contributed by atoms with E-state index in [1.807, 2.05) is 30.0 Å². The number of halogens is 2. The Balaban J connectivity index is 1.68. The second-order valence-electron chi connectivity index (χ2n) is 5.34. The van der Waals surface area contributed by atoms with Crippen molar-refractivity contribution in [3.05, 3.63) is 53.7 Å². The summed E-state index contributed by atoms with van der Waals surface area (Å²) in [6.45, 7) is 3.37. The largest absolute Gasteiger partial charge is 0.367 e. The highest BCUT2D eigenvalue weighted by atomic mass is 19.1. The van der Waals surface area contributed by atoms with E-state index in [1.54, 1.807) is 0 Å². The van der Waals surface area contributed by atoms with Gasteiger partial charge in [-0.15, -0.1) is 0 Å². The van der Waals surface area contributed by atoms with Gasteiger partial charge < -0.3 is 10.2 Å². The van der Waals surface area contributed by atoms with Crippen LogP contribution in [0.2, 0.25) is 0 Å². The van der Waals surface area contributed by atoms with E-state index in [2.05, 4.69) is 10.3 Å². The summed E-state index contributed by atoms with van der Waals surface area (Å²) in [5.41, 5.74) is 1.41. The first-order valence-electron chi connectivity index (χ1n) is 7.02. The van der Waals surface area contributed by atoms with Crippen LogP contribution in [0.1, 0.15) is 12.1 Å². The third-order valence-corrected chi connectivity index (χ3v) is 3.68. The Kier molecular flexibility index (Phi) is 3.73. The fraction of sp³-hybridized carbons (Fsp3) is 0.312. The molecule has 3 rings (SSSR count). The van der Waals surface area contributed by atoms with E-state index in [0.29, 0.717) is 12.2 Å². The fourth-order valence-electron chi connectivity index (χ4n) is 2.67. The second-order valence-corrected chi connectivity index (χ2v) is 5.34. The van der Waals surface area contributed by atoms with Crippen LogP contribution in [0.15, 0.2) is 36.4 Å². The van der Waals surface area contributed by atoms with E-state index in [9.17, 15) is 8.78 Å². The first-order valence-corrected chi connectivity index (χ1v) is 7.02. The smallest absolute Gasteiger partial charge is 0.149 e. The molecule has 0 amide bonds.